The van der Waals surface area contributed by atoms with Gasteiger partial charge in [-0.2, -0.15) is 0 Å². The van der Waals surface area contributed by atoms with Crippen LogP contribution >= 0.6 is 0 Å². The Hall–Kier alpha value is -0.380. The first-order chi connectivity index (χ1) is 5.26. The second kappa shape index (κ2) is 6.34. The van der Waals surface area contributed by atoms with Crippen LogP contribution in [0.15, 0.2) is 12.7 Å². The average Bonchev–Trinajstić information content (AvgIpc) is 2.03. The molecule has 0 aromatic rings. The van der Waals surface area contributed by atoms with Crippen LogP contribution < -0.4 is 0 Å². The molecule has 11 heavy (non-hydrogen) atoms. The third-order valence-corrected chi connectivity index (χ3v) is 1.18. The number of ether oxygens (including phenoxy) is 2. The molecule has 3 heteroatoms. The highest BCUT2D eigenvalue weighted by Gasteiger charge is 2.15. The van der Waals surface area contributed by atoms with Gasteiger partial charge < -0.3 is 14.6 Å². The van der Waals surface area contributed by atoms with Crippen LogP contribution in [-0.4, -0.2) is 30.7 Å². The van der Waals surface area contributed by atoms with E-state index >= 15 is 0 Å². The predicted molar refractivity (Wildman–Crippen MR) is 43.2 cm³/mol. The number of rotatable bonds is 6. The minimum Gasteiger partial charge on any atom is -0.384 e. The molecule has 0 amide bonds. The maximum Gasteiger partial charge on any atom is 0.186 e. The lowest BCUT2D eigenvalue weighted by Crippen LogP contribution is -2.30. The fraction of sp³-hybridized carbons (Fsp3) is 0.750. The molecule has 0 aromatic carbocycles. The average molecular weight is 160 g/mol. The van der Waals surface area contributed by atoms with E-state index < -0.39 is 12.4 Å². The first-order valence-electron chi connectivity index (χ1n) is 3.80. The second-order valence-electron chi connectivity index (χ2n) is 2.01. The van der Waals surface area contributed by atoms with Gasteiger partial charge in [-0.15, -0.1) is 6.58 Å². The van der Waals surface area contributed by atoms with Gasteiger partial charge in [-0.1, -0.05) is 6.08 Å². The highest BCUT2D eigenvalue weighted by atomic mass is 16.7. The quantitative estimate of drug-likeness (QED) is 0.464. The van der Waals surface area contributed by atoms with Crippen LogP contribution in [0.2, 0.25) is 0 Å². The Morgan fingerprint density at radius 2 is 1.82 bits per heavy atom. The van der Waals surface area contributed by atoms with Gasteiger partial charge >= 0.3 is 0 Å². The van der Waals surface area contributed by atoms with Gasteiger partial charge in [-0.25, -0.2) is 0 Å². The standard InChI is InChI=1S/C8H16O3/c1-4-7(9)8(10-5-2)11-6-3/h4,7-9H,1,5-6H2,2-3H3/t7-/m1/s1. The number of hydrogen-bond donors (Lipinski definition) is 1. The van der Waals surface area contributed by atoms with Crippen molar-refractivity contribution in [3.05, 3.63) is 12.7 Å². The molecule has 0 spiro atoms. The van der Waals surface area contributed by atoms with Crippen molar-refractivity contribution in [1.29, 1.82) is 0 Å². The fourth-order valence-electron chi connectivity index (χ4n) is 0.685. The first kappa shape index (κ1) is 10.6. The highest BCUT2D eigenvalue weighted by molar-refractivity contribution is 4.80. The van der Waals surface area contributed by atoms with E-state index in [1.807, 2.05) is 13.8 Å². The Bertz CT molecular complexity index is 97.5. The van der Waals surface area contributed by atoms with Gasteiger partial charge in [0.2, 0.25) is 0 Å². The summed E-state index contributed by atoms with van der Waals surface area (Å²) in [5.41, 5.74) is 0. The molecule has 0 heterocycles. The van der Waals surface area contributed by atoms with E-state index in [1.54, 1.807) is 0 Å². The van der Waals surface area contributed by atoms with Crippen molar-refractivity contribution in [2.45, 2.75) is 26.2 Å². The number of aliphatic hydroxyl groups excluding tert-OH is 1. The minimum atomic E-state index is -0.741. The monoisotopic (exact) mass is 160 g/mol. The van der Waals surface area contributed by atoms with Gasteiger partial charge in [0.15, 0.2) is 6.29 Å². The van der Waals surface area contributed by atoms with E-state index in [4.69, 9.17) is 9.47 Å². The highest BCUT2D eigenvalue weighted by Crippen LogP contribution is 2.02. The van der Waals surface area contributed by atoms with E-state index in [0.29, 0.717) is 13.2 Å². The summed E-state index contributed by atoms with van der Waals surface area (Å²) in [5.74, 6) is 0. The van der Waals surface area contributed by atoms with Gasteiger partial charge in [-0.05, 0) is 13.8 Å². The van der Waals surface area contributed by atoms with Crippen molar-refractivity contribution in [3.8, 4) is 0 Å². The van der Waals surface area contributed by atoms with Crippen LogP contribution in [0.5, 0.6) is 0 Å². The third-order valence-electron chi connectivity index (χ3n) is 1.18. The van der Waals surface area contributed by atoms with E-state index in [-0.39, 0.29) is 0 Å². The van der Waals surface area contributed by atoms with Crippen LogP contribution in [0.3, 0.4) is 0 Å². The van der Waals surface area contributed by atoms with Crippen LogP contribution in [0.25, 0.3) is 0 Å². The van der Waals surface area contributed by atoms with Crippen molar-refractivity contribution in [3.63, 3.8) is 0 Å². The molecule has 0 saturated carbocycles. The lowest BCUT2D eigenvalue weighted by Gasteiger charge is -2.19. The zero-order valence-electron chi connectivity index (χ0n) is 7.12. The normalized spacial score (nSPS) is 13.5. The van der Waals surface area contributed by atoms with Crippen LogP contribution in [0.1, 0.15) is 13.8 Å². The maximum absolute atomic E-state index is 9.21. The lowest BCUT2D eigenvalue weighted by atomic mass is 10.3. The molecule has 3 nitrogen and oxygen atoms in total. The summed E-state index contributed by atoms with van der Waals surface area (Å²) in [4.78, 5) is 0. The van der Waals surface area contributed by atoms with E-state index in [1.165, 1.54) is 6.08 Å². The van der Waals surface area contributed by atoms with Gasteiger partial charge in [0.05, 0.1) is 0 Å². The van der Waals surface area contributed by atoms with Crippen LogP contribution in [-0.2, 0) is 9.47 Å². The molecule has 0 rings (SSSR count). The SMILES string of the molecule is C=C[C@@H](O)C(OCC)OCC. The molecule has 0 bridgehead atoms. The van der Waals surface area contributed by atoms with Gasteiger partial charge in [0.1, 0.15) is 6.10 Å². The number of hydrogen-bond acceptors (Lipinski definition) is 3. The molecular formula is C8H16O3. The molecule has 1 atom stereocenters. The van der Waals surface area contributed by atoms with Gasteiger partial charge in [-0.3, -0.25) is 0 Å². The first-order valence-corrected chi connectivity index (χ1v) is 3.80. The fourth-order valence-corrected chi connectivity index (χ4v) is 0.685. The molecule has 0 radical (unpaired) electrons. The van der Waals surface area contributed by atoms with Crippen molar-refractivity contribution < 1.29 is 14.6 Å². The molecule has 66 valence electrons. The molecule has 0 aliphatic rings. The zero-order valence-corrected chi connectivity index (χ0v) is 7.12. The summed E-state index contributed by atoms with van der Waals surface area (Å²) in [6, 6.07) is 0. The molecule has 1 N–H and O–H groups in total. The van der Waals surface area contributed by atoms with Crippen molar-refractivity contribution in [1.82, 2.24) is 0 Å². The summed E-state index contributed by atoms with van der Waals surface area (Å²) < 4.78 is 10.2. The largest absolute Gasteiger partial charge is 0.384 e. The topological polar surface area (TPSA) is 38.7 Å². The molecule has 0 fully saturated rings. The molecular weight excluding hydrogens is 144 g/mol. The van der Waals surface area contributed by atoms with E-state index in [9.17, 15) is 5.11 Å². The van der Waals surface area contributed by atoms with Crippen molar-refractivity contribution in [2.75, 3.05) is 13.2 Å². The summed E-state index contributed by atoms with van der Waals surface area (Å²) in [6.45, 7) is 8.18. The van der Waals surface area contributed by atoms with Gasteiger partial charge in [0, 0.05) is 13.2 Å². The Morgan fingerprint density at radius 3 is 2.09 bits per heavy atom. The Morgan fingerprint density at radius 1 is 1.36 bits per heavy atom. The maximum atomic E-state index is 9.21. The minimum absolute atomic E-state index is 0.523. The summed E-state index contributed by atoms with van der Waals surface area (Å²) in [7, 11) is 0. The van der Waals surface area contributed by atoms with E-state index in [0.717, 1.165) is 0 Å². The smallest absolute Gasteiger partial charge is 0.186 e. The Kier molecular flexibility index (Phi) is 6.12. The van der Waals surface area contributed by atoms with Crippen molar-refractivity contribution >= 4 is 0 Å². The molecule has 0 saturated heterocycles. The van der Waals surface area contributed by atoms with Crippen molar-refractivity contribution in [2.24, 2.45) is 0 Å². The summed E-state index contributed by atoms with van der Waals surface area (Å²) >= 11 is 0. The second-order valence-corrected chi connectivity index (χ2v) is 2.01. The Labute approximate surface area is 67.6 Å². The summed E-state index contributed by atoms with van der Waals surface area (Å²) in [6.07, 6.45) is 0.0908. The Balaban J connectivity index is 3.75. The molecule has 0 unspecified atom stereocenters. The molecule has 0 aliphatic heterocycles. The van der Waals surface area contributed by atoms with Gasteiger partial charge in [0.25, 0.3) is 0 Å². The zero-order chi connectivity index (χ0) is 8.69. The van der Waals surface area contributed by atoms with Crippen LogP contribution in [0.4, 0.5) is 0 Å². The summed E-state index contributed by atoms with van der Waals surface area (Å²) in [5, 5.41) is 9.21. The molecule has 0 aliphatic carbocycles. The third kappa shape index (κ3) is 4.14. The number of aliphatic hydroxyl groups is 1. The predicted octanol–water partition coefficient (Wildman–Crippen LogP) is 0.932. The van der Waals surface area contributed by atoms with E-state index in [2.05, 4.69) is 6.58 Å². The lowest BCUT2D eigenvalue weighted by molar-refractivity contribution is -0.177. The van der Waals surface area contributed by atoms with Crippen LogP contribution in [0, 0.1) is 0 Å². The molecule has 0 aromatic heterocycles.